The van der Waals surface area contributed by atoms with Crippen molar-refractivity contribution in [1.29, 1.82) is 0 Å². The van der Waals surface area contributed by atoms with Crippen LogP contribution in [0.4, 0.5) is 0 Å². The Bertz CT molecular complexity index is 687. The second kappa shape index (κ2) is 6.62. The third kappa shape index (κ3) is 3.20. The van der Waals surface area contributed by atoms with E-state index in [1.54, 1.807) is 0 Å². The van der Waals surface area contributed by atoms with Gasteiger partial charge in [-0.1, -0.05) is 60.7 Å². The first kappa shape index (κ1) is 16.3. The van der Waals surface area contributed by atoms with E-state index in [1.807, 2.05) is 60.7 Å². The van der Waals surface area contributed by atoms with Gasteiger partial charge in [-0.25, -0.2) is 0 Å². The molecule has 3 aliphatic heterocycles. The summed E-state index contributed by atoms with van der Waals surface area (Å²) in [6.07, 6.45) is 2.01. The Balaban J connectivity index is 1.62. The van der Waals surface area contributed by atoms with E-state index >= 15 is 0 Å². The molecule has 2 aromatic rings. The number of nitrogens with zero attached hydrogens (tertiary/aromatic N) is 1. The fourth-order valence-corrected chi connectivity index (χ4v) is 4.18. The van der Waals surface area contributed by atoms with Crippen LogP contribution in [0.15, 0.2) is 60.7 Å². The van der Waals surface area contributed by atoms with Gasteiger partial charge in [-0.3, -0.25) is 15.4 Å². The summed E-state index contributed by atoms with van der Waals surface area (Å²) in [5.74, 6) is -0.444. The van der Waals surface area contributed by atoms with Crippen molar-refractivity contribution in [2.75, 3.05) is 19.6 Å². The number of hydrogen-bond donors (Lipinski definition) is 1. The van der Waals surface area contributed by atoms with Crippen LogP contribution in [0.5, 0.6) is 0 Å². The standard InChI is InChI=1S/C21H24N2O2/c22-21(15-23-13-11-18(21)12-14-23)25-20(24)19(16-7-3-1-4-8-16)17-9-5-2-6-10-17/h1-10,18-19H,11-15,22H2. The van der Waals surface area contributed by atoms with Crippen molar-refractivity contribution in [1.82, 2.24) is 4.90 Å². The molecule has 4 heteroatoms. The molecule has 1 unspecified atom stereocenters. The van der Waals surface area contributed by atoms with Gasteiger partial charge in [0.2, 0.25) is 0 Å². The number of benzene rings is 2. The Morgan fingerprint density at radius 3 is 1.96 bits per heavy atom. The van der Waals surface area contributed by atoms with E-state index in [0.29, 0.717) is 6.54 Å². The number of hydrogen-bond acceptors (Lipinski definition) is 4. The van der Waals surface area contributed by atoms with E-state index in [9.17, 15) is 4.79 Å². The Morgan fingerprint density at radius 2 is 1.52 bits per heavy atom. The van der Waals surface area contributed by atoms with Gasteiger partial charge in [0, 0.05) is 5.92 Å². The zero-order chi connectivity index (χ0) is 17.3. The summed E-state index contributed by atoms with van der Waals surface area (Å²) in [5, 5.41) is 0. The maximum absolute atomic E-state index is 13.2. The molecule has 3 heterocycles. The highest BCUT2D eigenvalue weighted by Crippen LogP contribution is 2.37. The molecule has 0 saturated carbocycles. The molecule has 2 N–H and O–H groups in total. The normalized spacial score (nSPS) is 28.1. The number of fused-ring (bicyclic) bond motifs is 3. The third-order valence-corrected chi connectivity index (χ3v) is 5.54. The Kier molecular flexibility index (Phi) is 4.32. The average Bonchev–Trinajstić information content (AvgIpc) is 2.64. The van der Waals surface area contributed by atoms with Gasteiger partial charge in [0.05, 0.1) is 6.54 Å². The minimum Gasteiger partial charge on any atom is -0.442 e. The zero-order valence-electron chi connectivity index (χ0n) is 14.3. The lowest BCUT2D eigenvalue weighted by molar-refractivity contribution is -0.182. The predicted molar refractivity (Wildman–Crippen MR) is 96.9 cm³/mol. The van der Waals surface area contributed by atoms with Crippen LogP contribution in [0.3, 0.4) is 0 Å². The van der Waals surface area contributed by atoms with Crippen LogP contribution in [0.2, 0.25) is 0 Å². The first-order chi connectivity index (χ1) is 12.2. The highest BCUT2D eigenvalue weighted by molar-refractivity contribution is 5.82. The van der Waals surface area contributed by atoms with Gasteiger partial charge in [-0.2, -0.15) is 0 Å². The lowest BCUT2D eigenvalue weighted by Crippen LogP contribution is -2.66. The summed E-state index contributed by atoms with van der Waals surface area (Å²) in [7, 11) is 0. The van der Waals surface area contributed by atoms with Gasteiger partial charge in [-0.05, 0) is 37.1 Å². The number of carbonyl (C=O) groups is 1. The Labute approximate surface area is 148 Å². The van der Waals surface area contributed by atoms with Crippen molar-refractivity contribution in [3.63, 3.8) is 0 Å². The number of rotatable bonds is 4. The number of ether oxygens (including phenoxy) is 1. The molecular weight excluding hydrogens is 312 g/mol. The third-order valence-electron chi connectivity index (χ3n) is 5.54. The summed E-state index contributed by atoms with van der Waals surface area (Å²) in [4.78, 5) is 15.5. The van der Waals surface area contributed by atoms with Gasteiger partial charge in [0.1, 0.15) is 5.92 Å². The van der Waals surface area contributed by atoms with Crippen LogP contribution in [0.1, 0.15) is 29.9 Å². The van der Waals surface area contributed by atoms with E-state index in [0.717, 1.165) is 37.1 Å². The number of carbonyl (C=O) groups excluding carboxylic acids is 1. The molecule has 3 aliphatic rings. The SMILES string of the molecule is NC1(OC(=O)C(c2ccccc2)c2ccccc2)CN2CCC1CC2. The molecule has 0 spiro atoms. The molecule has 2 aromatic carbocycles. The fourth-order valence-electron chi connectivity index (χ4n) is 4.18. The minimum atomic E-state index is -0.866. The molecule has 0 aromatic heterocycles. The predicted octanol–water partition coefficient (Wildman–Crippen LogP) is 2.74. The molecule has 25 heavy (non-hydrogen) atoms. The molecule has 3 fully saturated rings. The second-order valence-corrected chi connectivity index (χ2v) is 7.18. The lowest BCUT2D eigenvalue weighted by atomic mass is 9.81. The number of piperidine rings is 3. The highest BCUT2D eigenvalue weighted by Gasteiger charge is 2.47. The average molecular weight is 336 g/mol. The summed E-state index contributed by atoms with van der Waals surface area (Å²) >= 11 is 0. The maximum Gasteiger partial charge on any atom is 0.319 e. The Morgan fingerprint density at radius 1 is 1.00 bits per heavy atom. The van der Waals surface area contributed by atoms with E-state index < -0.39 is 11.6 Å². The van der Waals surface area contributed by atoms with E-state index in [1.165, 1.54) is 0 Å². The van der Waals surface area contributed by atoms with Crippen molar-refractivity contribution in [2.45, 2.75) is 24.5 Å². The summed E-state index contributed by atoms with van der Waals surface area (Å²) < 4.78 is 5.98. The number of esters is 1. The lowest BCUT2D eigenvalue weighted by Gasteiger charge is -2.50. The molecular formula is C21H24N2O2. The summed E-state index contributed by atoms with van der Waals surface area (Å²) in [5.41, 5.74) is 7.56. The fraction of sp³-hybridized carbons (Fsp3) is 0.381. The Hall–Kier alpha value is -2.17. The first-order valence-electron chi connectivity index (χ1n) is 9.00. The van der Waals surface area contributed by atoms with Gasteiger partial charge >= 0.3 is 5.97 Å². The van der Waals surface area contributed by atoms with Crippen molar-refractivity contribution in [2.24, 2.45) is 11.7 Å². The largest absolute Gasteiger partial charge is 0.442 e. The van der Waals surface area contributed by atoms with Crippen LogP contribution in [0, 0.1) is 5.92 Å². The van der Waals surface area contributed by atoms with E-state index in [2.05, 4.69) is 4.90 Å². The second-order valence-electron chi connectivity index (χ2n) is 7.18. The highest BCUT2D eigenvalue weighted by atomic mass is 16.6. The molecule has 2 bridgehead atoms. The smallest absolute Gasteiger partial charge is 0.319 e. The van der Waals surface area contributed by atoms with Crippen molar-refractivity contribution >= 4 is 5.97 Å². The molecule has 4 nitrogen and oxygen atoms in total. The summed E-state index contributed by atoms with van der Waals surface area (Å²) in [6, 6.07) is 19.6. The molecule has 0 amide bonds. The van der Waals surface area contributed by atoms with Crippen LogP contribution in [-0.2, 0) is 9.53 Å². The van der Waals surface area contributed by atoms with Crippen molar-refractivity contribution < 1.29 is 9.53 Å². The van der Waals surface area contributed by atoms with Gasteiger partial charge in [-0.15, -0.1) is 0 Å². The topological polar surface area (TPSA) is 55.6 Å². The summed E-state index contributed by atoms with van der Waals surface area (Å²) in [6.45, 7) is 2.75. The van der Waals surface area contributed by atoms with Crippen LogP contribution >= 0.6 is 0 Å². The molecule has 1 atom stereocenters. The van der Waals surface area contributed by atoms with E-state index in [-0.39, 0.29) is 11.9 Å². The van der Waals surface area contributed by atoms with Gasteiger partial charge in [0.25, 0.3) is 0 Å². The molecule has 5 rings (SSSR count). The molecule has 3 saturated heterocycles. The molecule has 0 radical (unpaired) electrons. The van der Waals surface area contributed by atoms with Gasteiger partial charge in [0.15, 0.2) is 5.72 Å². The zero-order valence-corrected chi connectivity index (χ0v) is 14.3. The van der Waals surface area contributed by atoms with E-state index in [4.69, 9.17) is 10.5 Å². The first-order valence-corrected chi connectivity index (χ1v) is 9.00. The quantitative estimate of drug-likeness (QED) is 0.689. The van der Waals surface area contributed by atoms with Crippen LogP contribution in [-0.4, -0.2) is 36.2 Å². The minimum absolute atomic E-state index is 0.256. The van der Waals surface area contributed by atoms with Gasteiger partial charge < -0.3 is 4.74 Å². The van der Waals surface area contributed by atoms with Crippen LogP contribution < -0.4 is 5.73 Å². The maximum atomic E-state index is 13.2. The van der Waals surface area contributed by atoms with Crippen molar-refractivity contribution in [3.8, 4) is 0 Å². The monoisotopic (exact) mass is 336 g/mol. The molecule has 0 aliphatic carbocycles. The van der Waals surface area contributed by atoms with Crippen molar-refractivity contribution in [3.05, 3.63) is 71.8 Å². The molecule has 130 valence electrons. The number of nitrogens with two attached hydrogens (primary N) is 1. The van der Waals surface area contributed by atoms with Crippen LogP contribution in [0.25, 0.3) is 0 Å².